The Morgan fingerprint density at radius 1 is 0.969 bits per heavy atom. The van der Waals surface area contributed by atoms with E-state index < -0.39 is 0 Å². The van der Waals surface area contributed by atoms with E-state index in [4.69, 9.17) is 4.74 Å². The number of hydrogen-bond donors (Lipinski definition) is 1. The SMILES string of the molecule is O=C(Nc1ccc(OC2CCCC2)cc1)c1cn(-c2ccccc2)nc1-c1cccnc1. The summed E-state index contributed by atoms with van der Waals surface area (Å²) in [5, 5.41) is 7.67. The molecule has 5 rings (SSSR count). The molecule has 1 aliphatic carbocycles. The predicted molar refractivity (Wildman–Crippen MR) is 124 cm³/mol. The zero-order valence-corrected chi connectivity index (χ0v) is 17.6. The van der Waals surface area contributed by atoms with Crippen molar-refractivity contribution in [3.63, 3.8) is 0 Å². The van der Waals surface area contributed by atoms with E-state index in [0.29, 0.717) is 23.0 Å². The fraction of sp³-hybridized carbons (Fsp3) is 0.192. The third-order valence-corrected chi connectivity index (χ3v) is 5.63. The maximum absolute atomic E-state index is 13.2. The third kappa shape index (κ3) is 4.39. The molecule has 2 heterocycles. The molecular formula is C26H24N4O2. The van der Waals surface area contributed by atoms with E-state index in [-0.39, 0.29) is 5.91 Å². The second-order valence-electron chi connectivity index (χ2n) is 7.92. The van der Waals surface area contributed by atoms with Gasteiger partial charge in [0.15, 0.2) is 0 Å². The van der Waals surface area contributed by atoms with Crippen molar-refractivity contribution in [2.45, 2.75) is 31.8 Å². The molecule has 0 radical (unpaired) electrons. The van der Waals surface area contributed by atoms with Gasteiger partial charge in [-0.3, -0.25) is 9.78 Å². The summed E-state index contributed by atoms with van der Waals surface area (Å²) in [7, 11) is 0. The zero-order valence-electron chi connectivity index (χ0n) is 17.6. The Hall–Kier alpha value is -3.93. The Kier molecular flexibility index (Phi) is 5.66. The molecule has 1 amide bonds. The van der Waals surface area contributed by atoms with Crippen LogP contribution in [0.15, 0.2) is 85.3 Å². The van der Waals surface area contributed by atoms with Gasteiger partial charge in [0.05, 0.1) is 17.4 Å². The Morgan fingerprint density at radius 3 is 2.47 bits per heavy atom. The lowest BCUT2D eigenvalue weighted by Gasteiger charge is -2.13. The molecule has 160 valence electrons. The molecule has 32 heavy (non-hydrogen) atoms. The fourth-order valence-corrected chi connectivity index (χ4v) is 3.98. The number of hydrogen-bond acceptors (Lipinski definition) is 4. The van der Waals surface area contributed by atoms with Crippen molar-refractivity contribution in [1.82, 2.24) is 14.8 Å². The van der Waals surface area contributed by atoms with Gasteiger partial charge in [0.25, 0.3) is 5.91 Å². The summed E-state index contributed by atoms with van der Waals surface area (Å²) >= 11 is 0. The van der Waals surface area contributed by atoms with E-state index in [9.17, 15) is 4.79 Å². The summed E-state index contributed by atoms with van der Waals surface area (Å²) in [6.45, 7) is 0. The number of pyridine rings is 1. The number of rotatable bonds is 6. The summed E-state index contributed by atoms with van der Waals surface area (Å²) in [6.07, 6.45) is 10.2. The van der Waals surface area contributed by atoms with Gasteiger partial charge in [0, 0.05) is 29.8 Å². The van der Waals surface area contributed by atoms with E-state index >= 15 is 0 Å². The molecular weight excluding hydrogens is 400 g/mol. The number of para-hydroxylation sites is 1. The number of carbonyl (C=O) groups is 1. The zero-order chi connectivity index (χ0) is 21.8. The van der Waals surface area contributed by atoms with Crippen LogP contribution in [-0.4, -0.2) is 26.8 Å². The molecule has 2 aromatic carbocycles. The number of benzene rings is 2. The van der Waals surface area contributed by atoms with E-state index in [2.05, 4.69) is 15.4 Å². The predicted octanol–water partition coefficient (Wildman–Crippen LogP) is 5.51. The smallest absolute Gasteiger partial charge is 0.259 e. The van der Waals surface area contributed by atoms with Crippen LogP contribution in [0, 0.1) is 0 Å². The molecule has 0 bridgehead atoms. The van der Waals surface area contributed by atoms with Crippen molar-refractivity contribution in [2.75, 3.05) is 5.32 Å². The van der Waals surface area contributed by atoms with Gasteiger partial charge in [0.1, 0.15) is 11.4 Å². The minimum atomic E-state index is -0.226. The van der Waals surface area contributed by atoms with Crippen molar-refractivity contribution in [3.05, 3.63) is 90.9 Å². The standard InChI is InChI=1S/C26H24N4O2/c31-26(28-20-12-14-23(15-13-20)32-22-10-4-5-11-22)24-18-30(21-8-2-1-3-9-21)29-25(24)19-7-6-16-27-17-19/h1-3,6-9,12-18,22H,4-5,10-11H2,(H,28,31). The maximum Gasteiger partial charge on any atom is 0.259 e. The average Bonchev–Trinajstić information content (AvgIpc) is 3.52. The molecule has 1 saturated carbocycles. The van der Waals surface area contributed by atoms with Gasteiger partial charge in [-0.1, -0.05) is 18.2 Å². The molecule has 0 unspecified atom stereocenters. The molecule has 0 atom stereocenters. The molecule has 0 saturated heterocycles. The Labute approximate surface area is 186 Å². The topological polar surface area (TPSA) is 69.0 Å². The average molecular weight is 425 g/mol. The first kappa shape index (κ1) is 20.0. The summed E-state index contributed by atoms with van der Waals surface area (Å²) in [5.74, 6) is 0.610. The first-order valence-corrected chi connectivity index (χ1v) is 10.9. The lowest BCUT2D eigenvalue weighted by atomic mass is 10.1. The van der Waals surface area contributed by atoms with E-state index in [0.717, 1.165) is 29.8 Å². The highest BCUT2D eigenvalue weighted by molar-refractivity contribution is 6.08. The minimum absolute atomic E-state index is 0.226. The van der Waals surface area contributed by atoms with Gasteiger partial charge in [-0.05, 0) is 74.2 Å². The van der Waals surface area contributed by atoms with Crippen LogP contribution < -0.4 is 10.1 Å². The van der Waals surface area contributed by atoms with E-state index in [1.165, 1.54) is 12.8 Å². The summed E-state index contributed by atoms with van der Waals surface area (Å²) in [5.41, 5.74) is 3.44. The number of nitrogens with zero attached hydrogens (tertiary/aromatic N) is 3. The lowest BCUT2D eigenvalue weighted by molar-refractivity contribution is 0.102. The van der Waals surface area contributed by atoms with Gasteiger partial charge in [-0.25, -0.2) is 4.68 Å². The van der Waals surface area contributed by atoms with Crippen LogP contribution in [0.2, 0.25) is 0 Å². The number of anilines is 1. The summed E-state index contributed by atoms with van der Waals surface area (Å²) in [6, 6.07) is 21.0. The van der Waals surface area contributed by atoms with Crippen LogP contribution in [-0.2, 0) is 0 Å². The summed E-state index contributed by atoms with van der Waals surface area (Å²) in [4.78, 5) is 17.4. The van der Waals surface area contributed by atoms with E-state index in [1.54, 1.807) is 23.3 Å². The first-order chi connectivity index (χ1) is 15.8. The maximum atomic E-state index is 13.2. The Balaban J connectivity index is 1.39. The lowest BCUT2D eigenvalue weighted by Crippen LogP contribution is -2.13. The second kappa shape index (κ2) is 9.06. The number of aromatic nitrogens is 3. The van der Waals surface area contributed by atoms with Crippen LogP contribution >= 0.6 is 0 Å². The van der Waals surface area contributed by atoms with E-state index in [1.807, 2.05) is 66.7 Å². The number of carbonyl (C=O) groups excluding carboxylic acids is 1. The van der Waals surface area contributed by atoms with Crippen molar-refractivity contribution >= 4 is 11.6 Å². The van der Waals surface area contributed by atoms with Gasteiger partial charge in [0.2, 0.25) is 0 Å². The Morgan fingerprint density at radius 2 is 1.75 bits per heavy atom. The molecule has 0 spiro atoms. The van der Waals surface area contributed by atoms with Crippen molar-refractivity contribution < 1.29 is 9.53 Å². The van der Waals surface area contributed by atoms with Crippen LogP contribution in [0.3, 0.4) is 0 Å². The van der Waals surface area contributed by atoms with Crippen LogP contribution in [0.4, 0.5) is 5.69 Å². The van der Waals surface area contributed by atoms with Crippen LogP contribution in [0.1, 0.15) is 36.0 Å². The van der Waals surface area contributed by atoms with Crippen molar-refractivity contribution in [3.8, 4) is 22.7 Å². The highest BCUT2D eigenvalue weighted by Crippen LogP contribution is 2.27. The largest absolute Gasteiger partial charge is 0.490 e. The van der Waals surface area contributed by atoms with Gasteiger partial charge >= 0.3 is 0 Å². The highest BCUT2D eigenvalue weighted by Gasteiger charge is 2.20. The first-order valence-electron chi connectivity index (χ1n) is 10.9. The molecule has 1 fully saturated rings. The monoisotopic (exact) mass is 424 g/mol. The quantitative estimate of drug-likeness (QED) is 0.443. The van der Waals surface area contributed by atoms with Crippen LogP contribution in [0.25, 0.3) is 16.9 Å². The number of nitrogens with one attached hydrogen (secondary N) is 1. The minimum Gasteiger partial charge on any atom is -0.490 e. The van der Waals surface area contributed by atoms with Gasteiger partial charge in [-0.15, -0.1) is 0 Å². The number of ether oxygens (including phenoxy) is 1. The van der Waals surface area contributed by atoms with Crippen molar-refractivity contribution in [1.29, 1.82) is 0 Å². The second-order valence-corrected chi connectivity index (χ2v) is 7.92. The van der Waals surface area contributed by atoms with Gasteiger partial charge in [-0.2, -0.15) is 5.10 Å². The molecule has 2 aromatic heterocycles. The summed E-state index contributed by atoms with van der Waals surface area (Å²) < 4.78 is 7.73. The highest BCUT2D eigenvalue weighted by atomic mass is 16.5. The fourth-order valence-electron chi connectivity index (χ4n) is 3.98. The van der Waals surface area contributed by atoms with Crippen molar-refractivity contribution in [2.24, 2.45) is 0 Å². The van der Waals surface area contributed by atoms with Crippen LogP contribution in [0.5, 0.6) is 5.75 Å². The molecule has 6 nitrogen and oxygen atoms in total. The third-order valence-electron chi connectivity index (χ3n) is 5.63. The normalized spacial score (nSPS) is 13.8. The molecule has 1 aliphatic rings. The van der Waals surface area contributed by atoms with Gasteiger partial charge < -0.3 is 10.1 Å². The Bertz CT molecular complexity index is 1180. The molecule has 0 aliphatic heterocycles. The molecule has 4 aromatic rings. The number of amides is 1. The molecule has 6 heteroatoms. The molecule has 1 N–H and O–H groups in total.